The Bertz CT molecular complexity index is 630. The number of nitrogens with two attached hydrogens (primary N) is 1. The lowest BCUT2D eigenvalue weighted by Crippen LogP contribution is -2.30. The molecule has 1 aromatic carbocycles. The number of primary amides is 1. The van der Waals surface area contributed by atoms with E-state index >= 15 is 0 Å². The minimum Gasteiger partial charge on any atom is -0.493 e. The van der Waals surface area contributed by atoms with Gasteiger partial charge in [0.15, 0.2) is 18.1 Å². The van der Waals surface area contributed by atoms with E-state index in [0.29, 0.717) is 30.0 Å². The highest BCUT2D eigenvalue weighted by Crippen LogP contribution is 2.29. The summed E-state index contributed by atoms with van der Waals surface area (Å²) in [5, 5.41) is 8.99. The molecule has 0 aromatic heterocycles. The van der Waals surface area contributed by atoms with E-state index in [1.165, 1.54) is 30.2 Å². The number of amides is 2. The van der Waals surface area contributed by atoms with E-state index in [0.717, 1.165) is 0 Å². The van der Waals surface area contributed by atoms with Gasteiger partial charge in [-0.05, 0) is 24.6 Å². The van der Waals surface area contributed by atoms with E-state index in [-0.39, 0.29) is 19.1 Å². The van der Waals surface area contributed by atoms with Crippen molar-refractivity contribution >= 4 is 17.8 Å². The molecule has 1 heterocycles. The molecule has 1 aromatic rings. The molecule has 1 atom stereocenters. The van der Waals surface area contributed by atoms with E-state index in [9.17, 15) is 14.4 Å². The number of ether oxygens (including phenoxy) is 2. The maximum absolute atomic E-state index is 12.4. The number of carboxylic acid groups (broad SMARTS) is 1. The molecule has 2 rings (SSSR count). The predicted molar refractivity (Wildman–Crippen MR) is 79.3 cm³/mol. The molecule has 8 nitrogen and oxygen atoms in total. The molecule has 2 amide bonds. The van der Waals surface area contributed by atoms with Gasteiger partial charge in [-0.2, -0.15) is 0 Å². The molecular formula is C15H18N2O6. The topological polar surface area (TPSA) is 119 Å². The van der Waals surface area contributed by atoms with Gasteiger partial charge in [0.25, 0.3) is 11.8 Å². The number of carboxylic acids is 1. The second-order valence-electron chi connectivity index (χ2n) is 5.20. The lowest BCUT2D eigenvalue weighted by Gasteiger charge is -2.17. The third-order valence-electron chi connectivity index (χ3n) is 3.61. The minimum absolute atomic E-state index is 0.191. The minimum atomic E-state index is -0.895. The highest BCUT2D eigenvalue weighted by atomic mass is 16.5. The quantitative estimate of drug-likeness (QED) is 0.767. The lowest BCUT2D eigenvalue weighted by atomic mass is 10.1. The third-order valence-corrected chi connectivity index (χ3v) is 3.61. The first-order chi connectivity index (χ1) is 10.9. The van der Waals surface area contributed by atoms with Gasteiger partial charge in [-0.15, -0.1) is 0 Å². The third kappa shape index (κ3) is 3.91. The summed E-state index contributed by atoms with van der Waals surface area (Å²) in [5.41, 5.74) is 5.38. The number of methoxy groups -OCH3 is 1. The molecule has 8 heteroatoms. The highest BCUT2D eigenvalue weighted by Gasteiger charge is 2.31. The van der Waals surface area contributed by atoms with E-state index in [1.54, 1.807) is 0 Å². The van der Waals surface area contributed by atoms with Gasteiger partial charge in [-0.1, -0.05) is 0 Å². The van der Waals surface area contributed by atoms with Gasteiger partial charge in [0, 0.05) is 18.7 Å². The molecule has 0 bridgehead atoms. The van der Waals surface area contributed by atoms with Crippen LogP contribution in [0, 0.1) is 5.92 Å². The Morgan fingerprint density at radius 1 is 1.35 bits per heavy atom. The molecular weight excluding hydrogens is 304 g/mol. The molecule has 3 N–H and O–H groups in total. The summed E-state index contributed by atoms with van der Waals surface area (Å²) in [5.74, 6) is -1.72. The Morgan fingerprint density at radius 2 is 2.09 bits per heavy atom. The van der Waals surface area contributed by atoms with Crippen molar-refractivity contribution in [3.05, 3.63) is 23.8 Å². The zero-order chi connectivity index (χ0) is 17.0. The fraction of sp³-hybridized carbons (Fsp3) is 0.400. The summed E-state index contributed by atoms with van der Waals surface area (Å²) in [6.45, 7) is 0.296. The molecule has 0 radical (unpaired) electrons. The fourth-order valence-electron chi connectivity index (χ4n) is 2.40. The fourth-order valence-corrected chi connectivity index (χ4v) is 2.40. The number of aliphatic carboxylic acids is 1. The van der Waals surface area contributed by atoms with E-state index in [1.807, 2.05) is 0 Å². The zero-order valence-corrected chi connectivity index (χ0v) is 12.7. The van der Waals surface area contributed by atoms with E-state index in [4.69, 9.17) is 20.3 Å². The molecule has 1 fully saturated rings. The van der Waals surface area contributed by atoms with Crippen LogP contribution in [-0.2, 0) is 9.59 Å². The molecule has 1 saturated heterocycles. The van der Waals surface area contributed by atoms with Crippen LogP contribution < -0.4 is 15.2 Å². The number of hydrogen-bond donors (Lipinski definition) is 2. The summed E-state index contributed by atoms with van der Waals surface area (Å²) < 4.78 is 10.3. The average Bonchev–Trinajstić information content (AvgIpc) is 3.02. The smallest absolute Gasteiger partial charge is 0.308 e. The summed E-state index contributed by atoms with van der Waals surface area (Å²) >= 11 is 0. The number of carbonyl (C=O) groups is 3. The van der Waals surface area contributed by atoms with Gasteiger partial charge in [0.2, 0.25) is 0 Å². The molecule has 0 aliphatic carbocycles. The first kappa shape index (κ1) is 16.6. The van der Waals surface area contributed by atoms with Crippen LogP contribution in [0.4, 0.5) is 0 Å². The van der Waals surface area contributed by atoms with Crippen LogP contribution in [0.15, 0.2) is 18.2 Å². The van der Waals surface area contributed by atoms with Gasteiger partial charge in [-0.3, -0.25) is 14.4 Å². The summed E-state index contributed by atoms with van der Waals surface area (Å²) in [6.07, 6.45) is 0.442. The van der Waals surface area contributed by atoms with Crippen LogP contribution in [0.5, 0.6) is 11.5 Å². The zero-order valence-electron chi connectivity index (χ0n) is 12.7. The van der Waals surface area contributed by atoms with Crippen molar-refractivity contribution in [1.29, 1.82) is 0 Å². The number of benzene rings is 1. The summed E-state index contributed by atoms with van der Waals surface area (Å²) in [4.78, 5) is 35.6. The van der Waals surface area contributed by atoms with Crippen molar-refractivity contribution in [2.24, 2.45) is 11.7 Å². The van der Waals surface area contributed by atoms with E-state index in [2.05, 4.69) is 0 Å². The van der Waals surface area contributed by atoms with Crippen LogP contribution in [0.3, 0.4) is 0 Å². The molecule has 1 aliphatic rings. The largest absolute Gasteiger partial charge is 0.493 e. The van der Waals surface area contributed by atoms with Crippen LogP contribution in [0.2, 0.25) is 0 Å². The van der Waals surface area contributed by atoms with Gasteiger partial charge in [0.05, 0.1) is 13.0 Å². The van der Waals surface area contributed by atoms with Crippen LogP contribution in [0.25, 0.3) is 0 Å². The first-order valence-electron chi connectivity index (χ1n) is 7.03. The van der Waals surface area contributed by atoms with Crippen molar-refractivity contribution in [2.45, 2.75) is 6.42 Å². The number of rotatable bonds is 6. The maximum atomic E-state index is 12.4. The SMILES string of the molecule is COc1cc(C(=O)N2CCC(C(=O)O)C2)ccc1OCC(N)=O. The van der Waals surface area contributed by atoms with Crippen molar-refractivity contribution in [2.75, 3.05) is 26.8 Å². The average molecular weight is 322 g/mol. The monoisotopic (exact) mass is 322 g/mol. The normalized spacial score (nSPS) is 16.9. The maximum Gasteiger partial charge on any atom is 0.308 e. The number of carbonyl (C=O) groups excluding carboxylic acids is 2. The van der Waals surface area contributed by atoms with Crippen molar-refractivity contribution < 1.29 is 29.0 Å². The van der Waals surface area contributed by atoms with Crippen molar-refractivity contribution in [3.63, 3.8) is 0 Å². The van der Waals surface area contributed by atoms with Crippen LogP contribution in [0.1, 0.15) is 16.8 Å². The highest BCUT2D eigenvalue weighted by molar-refractivity contribution is 5.95. The Kier molecular flexibility index (Phi) is 5.05. The van der Waals surface area contributed by atoms with Crippen molar-refractivity contribution in [1.82, 2.24) is 4.90 Å². The van der Waals surface area contributed by atoms with Gasteiger partial charge in [0.1, 0.15) is 0 Å². The number of hydrogen-bond acceptors (Lipinski definition) is 5. The molecule has 0 saturated carbocycles. The number of nitrogens with zero attached hydrogens (tertiary/aromatic N) is 1. The Hall–Kier alpha value is -2.77. The van der Waals surface area contributed by atoms with Gasteiger partial charge in [-0.25, -0.2) is 0 Å². The standard InChI is InChI=1S/C15H18N2O6/c1-22-12-6-9(2-3-11(12)23-8-13(16)18)14(19)17-5-4-10(7-17)15(20)21/h2-3,6,10H,4-5,7-8H2,1H3,(H2,16,18)(H,20,21). The number of likely N-dealkylation sites (tertiary alicyclic amines) is 1. The first-order valence-corrected chi connectivity index (χ1v) is 7.03. The summed E-state index contributed by atoms with van der Waals surface area (Å²) in [6, 6.07) is 4.54. The van der Waals surface area contributed by atoms with Gasteiger partial charge < -0.3 is 25.2 Å². The van der Waals surface area contributed by atoms with Crippen molar-refractivity contribution in [3.8, 4) is 11.5 Å². The molecule has 0 spiro atoms. The predicted octanol–water partition coefficient (Wildman–Crippen LogP) is 0.106. The second-order valence-corrected chi connectivity index (χ2v) is 5.20. The molecule has 23 heavy (non-hydrogen) atoms. The Balaban J connectivity index is 2.12. The molecule has 124 valence electrons. The van der Waals surface area contributed by atoms with Crippen LogP contribution in [-0.4, -0.2) is 54.6 Å². The molecule has 1 unspecified atom stereocenters. The Morgan fingerprint density at radius 3 is 2.65 bits per heavy atom. The van der Waals surface area contributed by atoms with Crippen LogP contribution >= 0.6 is 0 Å². The van der Waals surface area contributed by atoms with E-state index < -0.39 is 17.8 Å². The van der Waals surface area contributed by atoms with Gasteiger partial charge >= 0.3 is 5.97 Å². The molecule has 1 aliphatic heterocycles. The lowest BCUT2D eigenvalue weighted by molar-refractivity contribution is -0.141. The second kappa shape index (κ2) is 6.99. The Labute approximate surface area is 132 Å². The summed E-state index contributed by atoms with van der Waals surface area (Å²) in [7, 11) is 1.41.